The number of ether oxygens (including phenoxy) is 2. The summed E-state index contributed by atoms with van der Waals surface area (Å²) in [6, 6.07) is 15.2. The van der Waals surface area contributed by atoms with Gasteiger partial charge in [0.05, 0.1) is 16.8 Å². The van der Waals surface area contributed by atoms with Gasteiger partial charge in [-0.2, -0.15) is 0 Å². The van der Waals surface area contributed by atoms with Crippen LogP contribution in [0.15, 0.2) is 48.5 Å². The van der Waals surface area contributed by atoms with Crippen LogP contribution in [0, 0.1) is 0 Å². The molecule has 0 bridgehead atoms. The third-order valence-electron chi connectivity index (χ3n) is 3.24. The molecule has 0 aliphatic rings. The van der Waals surface area contributed by atoms with Crippen molar-refractivity contribution in [2.45, 2.75) is 20.0 Å². The lowest BCUT2D eigenvalue weighted by molar-refractivity contribution is 0.161. The van der Waals surface area contributed by atoms with Gasteiger partial charge in [0.2, 0.25) is 0 Å². The van der Waals surface area contributed by atoms with Crippen LogP contribution in [0.2, 0.25) is 0 Å². The van der Waals surface area contributed by atoms with Crippen molar-refractivity contribution >= 4 is 33.3 Å². The standard InChI is InChI=1S/C18H18N2O3S/c1-2-11-22-18(21)19-13-7-9-14(10-8-13)23-12-17-20-15-5-3-4-6-16(15)24-17/h3-10H,2,11-12H2,1H3,(H,19,21). The highest BCUT2D eigenvalue weighted by atomic mass is 32.1. The number of fused-ring (bicyclic) bond motifs is 1. The van der Waals surface area contributed by atoms with Gasteiger partial charge in [-0.1, -0.05) is 19.1 Å². The van der Waals surface area contributed by atoms with Crippen molar-refractivity contribution in [1.29, 1.82) is 0 Å². The Hall–Kier alpha value is -2.60. The van der Waals surface area contributed by atoms with Gasteiger partial charge < -0.3 is 9.47 Å². The number of carbonyl (C=O) groups is 1. The second-order valence-corrected chi connectivity index (χ2v) is 6.26. The number of hydrogen-bond donors (Lipinski definition) is 1. The number of amides is 1. The molecule has 124 valence electrons. The second kappa shape index (κ2) is 7.79. The Morgan fingerprint density at radius 1 is 1.17 bits per heavy atom. The summed E-state index contributed by atoms with van der Waals surface area (Å²) in [4.78, 5) is 16.0. The van der Waals surface area contributed by atoms with E-state index >= 15 is 0 Å². The first-order valence-electron chi connectivity index (χ1n) is 7.75. The van der Waals surface area contributed by atoms with E-state index in [2.05, 4.69) is 16.4 Å². The molecule has 1 amide bonds. The van der Waals surface area contributed by atoms with E-state index in [9.17, 15) is 4.79 Å². The summed E-state index contributed by atoms with van der Waals surface area (Å²) in [5.41, 5.74) is 1.66. The van der Waals surface area contributed by atoms with Crippen molar-refractivity contribution in [3.63, 3.8) is 0 Å². The molecule has 1 aromatic heterocycles. The summed E-state index contributed by atoms with van der Waals surface area (Å²) in [5.74, 6) is 0.724. The lowest BCUT2D eigenvalue weighted by Gasteiger charge is -2.07. The number of para-hydroxylation sites is 1. The molecule has 0 saturated carbocycles. The van der Waals surface area contributed by atoms with Crippen molar-refractivity contribution in [3.8, 4) is 5.75 Å². The predicted octanol–water partition coefficient (Wildman–Crippen LogP) is 4.83. The fraction of sp³-hybridized carbons (Fsp3) is 0.222. The number of nitrogens with zero attached hydrogens (tertiary/aromatic N) is 1. The molecule has 3 rings (SSSR count). The molecule has 0 unspecified atom stereocenters. The Labute approximate surface area is 144 Å². The van der Waals surface area contributed by atoms with Crippen LogP contribution in [0.5, 0.6) is 5.75 Å². The normalized spacial score (nSPS) is 10.5. The Morgan fingerprint density at radius 2 is 1.96 bits per heavy atom. The fourth-order valence-electron chi connectivity index (χ4n) is 2.11. The highest BCUT2D eigenvalue weighted by Gasteiger charge is 2.05. The van der Waals surface area contributed by atoms with Gasteiger partial charge in [-0.05, 0) is 42.8 Å². The van der Waals surface area contributed by atoms with Gasteiger partial charge in [-0.3, -0.25) is 5.32 Å². The van der Waals surface area contributed by atoms with Crippen LogP contribution in [0.1, 0.15) is 18.4 Å². The van der Waals surface area contributed by atoms with E-state index < -0.39 is 6.09 Å². The number of aromatic nitrogens is 1. The number of benzene rings is 2. The lowest BCUT2D eigenvalue weighted by Crippen LogP contribution is -2.13. The molecule has 24 heavy (non-hydrogen) atoms. The maximum atomic E-state index is 11.5. The van der Waals surface area contributed by atoms with Gasteiger partial charge in [0, 0.05) is 5.69 Å². The highest BCUT2D eigenvalue weighted by molar-refractivity contribution is 7.18. The molecule has 3 aromatic rings. The van der Waals surface area contributed by atoms with E-state index in [0.717, 1.165) is 27.4 Å². The smallest absolute Gasteiger partial charge is 0.411 e. The first-order chi connectivity index (χ1) is 11.7. The van der Waals surface area contributed by atoms with Gasteiger partial charge in [-0.15, -0.1) is 11.3 Å². The molecular weight excluding hydrogens is 324 g/mol. The molecule has 2 aromatic carbocycles. The molecule has 0 spiro atoms. The summed E-state index contributed by atoms with van der Waals surface area (Å²) in [6.07, 6.45) is 0.353. The molecule has 0 aliphatic heterocycles. The quantitative estimate of drug-likeness (QED) is 0.697. The molecule has 0 saturated heterocycles. The highest BCUT2D eigenvalue weighted by Crippen LogP contribution is 2.23. The summed E-state index contributed by atoms with van der Waals surface area (Å²) >= 11 is 1.63. The minimum absolute atomic E-state index is 0.412. The SMILES string of the molecule is CCCOC(=O)Nc1ccc(OCc2nc3ccccc3s2)cc1. The Morgan fingerprint density at radius 3 is 2.71 bits per heavy atom. The van der Waals surface area contributed by atoms with Crippen molar-refractivity contribution < 1.29 is 14.3 Å². The lowest BCUT2D eigenvalue weighted by atomic mass is 10.3. The average Bonchev–Trinajstić information content (AvgIpc) is 3.02. The van der Waals surface area contributed by atoms with E-state index in [1.54, 1.807) is 23.5 Å². The number of carbonyl (C=O) groups excluding carboxylic acids is 1. The van der Waals surface area contributed by atoms with E-state index in [0.29, 0.717) is 18.9 Å². The molecule has 0 radical (unpaired) electrons. The molecule has 1 heterocycles. The zero-order valence-corrected chi connectivity index (χ0v) is 14.1. The summed E-state index contributed by atoms with van der Waals surface area (Å²) in [5, 5.41) is 3.60. The van der Waals surface area contributed by atoms with Crippen LogP contribution in [0.4, 0.5) is 10.5 Å². The van der Waals surface area contributed by atoms with Gasteiger partial charge in [0.15, 0.2) is 0 Å². The molecule has 6 heteroatoms. The number of hydrogen-bond acceptors (Lipinski definition) is 5. The van der Waals surface area contributed by atoms with Crippen molar-refractivity contribution in [2.24, 2.45) is 0 Å². The largest absolute Gasteiger partial charge is 0.486 e. The van der Waals surface area contributed by atoms with E-state index in [1.807, 2.05) is 37.3 Å². The maximum absolute atomic E-state index is 11.5. The Balaban J connectivity index is 1.55. The molecular formula is C18H18N2O3S. The van der Waals surface area contributed by atoms with Crippen LogP contribution in [0.3, 0.4) is 0 Å². The van der Waals surface area contributed by atoms with Gasteiger partial charge >= 0.3 is 6.09 Å². The maximum Gasteiger partial charge on any atom is 0.411 e. The first kappa shape index (κ1) is 16.3. The van der Waals surface area contributed by atoms with Crippen LogP contribution in [0.25, 0.3) is 10.2 Å². The van der Waals surface area contributed by atoms with Crippen LogP contribution < -0.4 is 10.1 Å². The number of nitrogens with one attached hydrogen (secondary N) is 1. The third-order valence-corrected chi connectivity index (χ3v) is 4.25. The number of thiazole rings is 1. The van der Waals surface area contributed by atoms with Crippen LogP contribution in [-0.4, -0.2) is 17.7 Å². The molecule has 5 nitrogen and oxygen atoms in total. The monoisotopic (exact) mass is 342 g/mol. The topological polar surface area (TPSA) is 60.5 Å². The molecule has 0 aliphatic carbocycles. The van der Waals surface area contributed by atoms with Crippen molar-refractivity contribution in [2.75, 3.05) is 11.9 Å². The molecule has 0 fully saturated rings. The van der Waals surface area contributed by atoms with Crippen LogP contribution in [-0.2, 0) is 11.3 Å². The first-order valence-corrected chi connectivity index (χ1v) is 8.57. The van der Waals surface area contributed by atoms with Crippen molar-refractivity contribution in [3.05, 3.63) is 53.5 Å². The molecule has 1 N–H and O–H groups in total. The summed E-state index contributed by atoms with van der Waals surface area (Å²) < 4.78 is 11.9. The number of rotatable bonds is 6. The van der Waals surface area contributed by atoms with Gasteiger partial charge in [0.1, 0.15) is 17.4 Å². The minimum Gasteiger partial charge on any atom is -0.486 e. The zero-order valence-electron chi connectivity index (χ0n) is 13.3. The predicted molar refractivity (Wildman–Crippen MR) is 95.7 cm³/mol. The average molecular weight is 342 g/mol. The van der Waals surface area contributed by atoms with Crippen molar-refractivity contribution in [1.82, 2.24) is 4.98 Å². The molecule has 0 atom stereocenters. The van der Waals surface area contributed by atoms with E-state index in [1.165, 1.54) is 0 Å². The zero-order chi connectivity index (χ0) is 16.8. The van der Waals surface area contributed by atoms with E-state index in [-0.39, 0.29) is 0 Å². The third kappa shape index (κ3) is 4.23. The second-order valence-electron chi connectivity index (χ2n) is 5.15. The van der Waals surface area contributed by atoms with Gasteiger partial charge in [-0.25, -0.2) is 9.78 Å². The Bertz CT molecular complexity index is 782. The Kier molecular flexibility index (Phi) is 5.28. The van der Waals surface area contributed by atoms with Crippen LogP contribution >= 0.6 is 11.3 Å². The van der Waals surface area contributed by atoms with E-state index in [4.69, 9.17) is 9.47 Å². The van der Waals surface area contributed by atoms with Gasteiger partial charge in [0.25, 0.3) is 0 Å². The summed E-state index contributed by atoms with van der Waals surface area (Å²) in [6.45, 7) is 2.78. The number of anilines is 1. The minimum atomic E-state index is -0.444. The summed E-state index contributed by atoms with van der Waals surface area (Å²) in [7, 11) is 0. The fourth-order valence-corrected chi connectivity index (χ4v) is 2.99.